The molecule has 4 aromatic rings. The van der Waals surface area contributed by atoms with Gasteiger partial charge in [0.25, 0.3) is 0 Å². The second-order valence-corrected chi connectivity index (χ2v) is 7.08. The van der Waals surface area contributed by atoms with Crippen LogP contribution in [0.3, 0.4) is 0 Å². The average Bonchev–Trinajstić information content (AvgIpc) is 3.05. The van der Waals surface area contributed by atoms with Gasteiger partial charge in [-0.1, -0.05) is 48.7 Å². The second kappa shape index (κ2) is 7.10. The summed E-state index contributed by atoms with van der Waals surface area (Å²) < 4.78 is 5.05. The van der Waals surface area contributed by atoms with Crippen LogP contribution in [0.5, 0.6) is 0 Å². The van der Waals surface area contributed by atoms with Crippen molar-refractivity contribution in [1.29, 1.82) is 0 Å². The summed E-state index contributed by atoms with van der Waals surface area (Å²) in [4.78, 5) is 16.9. The van der Waals surface area contributed by atoms with E-state index in [4.69, 9.17) is 4.74 Å². The van der Waals surface area contributed by atoms with Crippen LogP contribution in [-0.4, -0.2) is 11.0 Å². The minimum Gasteiger partial charge on any atom is -0.458 e. The summed E-state index contributed by atoms with van der Waals surface area (Å²) in [5.41, 5.74) is 3.26. The molecular formula is C22H17NO2S. The molecule has 0 spiro atoms. The third kappa shape index (κ3) is 3.37. The molecule has 0 aliphatic rings. The minimum atomic E-state index is -0.407. The highest BCUT2D eigenvalue weighted by Crippen LogP contribution is 2.33. The van der Waals surface area contributed by atoms with Gasteiger partial charge in [0.05, 0.1) is 0 Å². The van der Waals surface area contributed by atoms with E-state index in [0.29, 0.717) is 0 Å². The van der Waals surface area contributed by atoms with E-state index in [2.05, 4.69) is 48.0 Å². The Balaban J connectivity index is 1.54. The van der Waals surface area contributed by atoms with Crippen LogP contribution in [0, 0.1) is 0 Å². The predicted octanol–water partition coefficient (Wildman–Crippen LogP) is 5.70. The number of benzene rings is 3. The van der Waals surface area contributed by atoms with Crippen molar-refractivity contribution in [3.8, 4) is 0 Å². The fraction of sp³-hybridized carbons (Fsp3) is 0.0455. The van der Waals surface area contributed by atoms with Gasteiger partial charge in [-0.05, 0) is 42.0 Å². The number of esters is 1. The number of hydrogen-bond donors (Lipinski definition) is 1. The molecule has 128 valence electrons. The van der Waals surface area contributed by atoms with Gasteiger partial charge in [-0.3, -0.25) is 0 Å². The van der Waals surface area contributed by atoms with Gasteiger partial charge in [0, 0.05) is 37.7 Å². The van der Waals surface area contributed by atoms with Gasteiger partial charge in [-0.25, -0.2) is 4.79 Å². The normalized spacial score (nSPS) is 10.9. The highest BCUT2D eigenvalue weighted by atomic mass is 32.2. The van der Waals surface area contributed by atoms with Crippen LogP contribution in [0.2, 0.25) is 0 Å². The summed E-state index contributed by atoms with van der Waals surface area (Å²) in [6.45, 7) is 3.65. The fourth-order valence-corrected chi connectivity index (χ4v) is 3.75. The minimum absolute atomic E-state index is 0.261. The molecule has 3 aromatic carbocycles. The van der Waals surface area contributed by atoms with E-state index in [1.807, 2.05) is 30.3 Å². The number of rotatable bonds is 5. The number of carbonyl (C=O) groups excluding carboxylic acids is 1. The molecule has 0 amide bonds. The van der Waals surface area contributed by atoms with E-state index in [-0.39, 0.29) is 6.61 Å². The van der Waals surface area contributed by atoms with Crippen molar-refractivity contribution in [3.63, 3.8) is 0 Å². The summed E-state index contributed by atoms with van der Waals surface area (Å²) in [5.74, 6) is -0.407. The molecule has 1 N–H and O–H groups in total. The topological polar surface area (TPSA) is 42.1 Å². The second-order valence-electron chi connectivity index (χ2n) is 5.94. The summed E-state index contributed by atoms with van der Waals surface area (Å²) in [7, 11) is 0. The molecule has 0 saturated heterocycles. The number of para-hydroxylation sites is 1. The lowest BCUT2D eigenvalue weighted by atomic mass is 10.1. The number of carbonyl (C=O) groups is 1. The Kier molecular flexibility index (Phi) is 4.50. The van der Waals surface area contributed by atoms with Crippen molar-refractivity contribution < 1.29 is 9.53 Å². The molecule has 26 heavy (non-hydrogen) atoms. The molecule has 0 saturated carbocycles. The van der Waals surface area contributed by atoms with Crippen LogP contribution in [-0.2, 0) is 16.1 Å². The van der Waals surface area contributed by atoms with Crippen LogP contribution in [0.15, 0.2) is 89.2 Å². The molecule has 0 atom stereocenters. The van der Waals surface area contributed by atoms with Gasteiger partial charge in [-0.2, -0.15) is 0 Å². The van der Waals surface area contributed by atoms with Gasteiger partial charge in [-0.15, -0.1) is 0 Å². The lowest BCUT2D eigenvalue weighted by Crippen LogP contribution is -1.99. The van der Waals surface area contributed by atoms with Gasteiger partial charge in [0.2, 0.25) is 0 Å². The number of ether oxygens (including phenoxy) is 1. The van der Waals surface area contributed by atoms with Crippen LogP contribution >= 0.6 is 11.8 Å². The molecule has 4 heteroatoms. The summed E-state index contributed by atoms with van der Waals surface area (Å²) >= 11 is 1.71. The zero-order chi connectivity index (χ0) is 17.9. The zero-order valence-electron chi connectivity index (χ0n) is 14.1. The van der Waals surface area contributed by atoms with Crippen LogP contribution in [0.25, 0.3) is 21.8 Å². The maximum absolute atomic E-state index is 11.1. The van der Waals surface area contributed by atoms with Crippen molar-refractivity contribution >= 4 is 39.5 Å². The Bertz CT molecular complexity index is 1100. The first-order valence-electron chi connectivity index (χ1n) is 8.29. The van der Waals surface area contributed by atoms with E-state index in [1.165, 1.54) is 21.7 Å². The highest BCUT2D eigenvalue weighted by molar-refractivity contribution is 7.99. The third-order valence-corrected chi connectivity index (χ3v) is 5.18. The lowest BCUT2D eigenvalue weighted by molar-refractivity contribution is -0.138. The molecule has 0 aliphatic heterocycles. The monoisotopic (exact) mass is 359 g/mol. The summed E-state index contributed by atoms with van der Waals surface area (Å²) in [5, 5.41) is 2.47. The van der Waals surface area contributed by atoms with Crippen molar-refractivity contribution in [2.24, 2.45) is 0 Å². The molecule has 1 aromatic heterocycles. The molecule has 0 bridgehead atoms. The predicted molar refractivity (Wildman–Crippen MR) is 106 cm³/mol. The third-order valence-electron chi connectivity index (χ3n) is 4.18. The van der Waals surface area contributed by atoms with Gasteiger partial charge < -0.3 is 9.72 Å². The van der Waals surface area contributed by atoms with E-state index < -0.39 is 5.97 Å². The largest absolute Gasteiger partial charge is 0.458 e. The van der Waals surface area contributed by atoms with E-state index in [0.717, 1.165) is 21.5 Å². The first-order valence-corrected chi connectivity index (χ1v) is 9.11. The van der Waals surface area contributed by atoms with Gasteiger partial charge in [0.15, 0.2) is 0 Å². The van der Waals surface area contributed by atoms with Crippen LogP contribution in [0.4, 0.5) is 0 Å². The molecule has 0 radical (unpaired) electrons. The first kappa shape index (κ1) is 16.5. The quantitative estimate of drug-likeness (QED) is 0.367. The van der Waals surface area contributed by atoms with Crippen molar-refractivity contribution in [1.82, 2.24) is 4.98 Å². The van der Waals surface area contributed by atoms with Gasteiger partial charge >= 0.3 is 5.97 Å². The summed E-state index contributed by atoms with van der Waals surface area (Å²) in [6, 6.07) is 22.9. The SMILES string of the molecule is C=CC(=O)OCc1ccc(Sc2ccc3[nH]c4ccccc4c3c2)cc1. The molecular weight excluding hydrogens is 342 g/mol. The average molecular weight is 359 g/mol. The van der Waals surface area contributed by atoms with Crippen LogP contribution in [0.1, 0.15) is 5.56 Å². The van der Waals surface area contributed by atoms with E-state index in [9.17, 15) is 4.79 Å². The number of fused-ring (bicyclic) bond motifs is 3. The Morgan fingerprint density at radius 3 is 2.50 bits per heavy atom. The Morgan fingerprint density at radius 1 is 0.962 bits per heavy atom. The van der Waals surface area contributed by atoms with Crippen LogP contribution < -0.4 is 0 Å². The Morgan fingerprint density at radius 2 is 1.69 bits per heavy atom. The number of aromatic amines is 1. The lowest BCUT2D eigenvalue weighted by Gasteiger charge is -2.05. The molecule has 1 heterocycles. The molecule has 0 fully saturated rings. The summed E-state index contributed by atoms with van der Waals surface area (Å²) in [6.07, 6.45) is 1.17. The van der Waals surface area contributed by atoms with Crippen molar-refractivity contribution in [2.75, 3.05) is 0 Å². The number of H-pyrrole nitrogens is 1. The van der Waals surface area contributed by atoms with E-state index in [1.54, 1.807) is 11.8 Å². The molecule has 4 rings (SSSR count). The van der Waals surface area contributed by atoms with Gasteiger partial charge in [0.1, 0.15) is 6.61 Å². The maximum atomic E-state index is 11.1. The van der Waals surface area contributed by atoms with Crippen molar-refractivity contribution in [2.45, 2.75) is 16.4 Å². The number of nitrogens with one attached hydrogen (secondary N) is 1. The Hall–Kier alpha value is -2.98. The standard InChI is InChI=1S/C22H17NO2S/c1-2-22(24)25-14-15-7-9-16(10-8-15)26-17-11-12-21-19(13-17)18-5-3-4-6-20(18)23-21/h2-13,23H,1,14H2. The van der Waals surface area contributed by atoms with Crippen molar-refractivity contribution in [3.05, 3.63) is 84.9 Å². The highest BCUT2D eigenvalue weighted by Gasteiger charge is 2.06. The Labute approximate surface area is 155 Å². The molecule has 0 aliphatic carbocycles. The number of hydrogen-bond acceptors (Lipinski definition) is 3. The van der Waals surface area contributed by atoms with E-state index >= 15 is 0 Å². The number of aromatic nitrogens is 1. The first-order chi connectivity index (χ1) is 12.7. The molecule has 3 nitrogen and oxygen atoms in total. The smallest absolute Gasteiger partial charge is 0.330 e. The zero-order valence-corrected chi connectivity index (χ0v) is 14.9. The maximum Gasteiger partial charge on any atom is 0.330 e. The fourth-order valence-electron chi connectivity index (χ4n) is 2.89. The molecule has 0 unspecified atom stereocenters.